The Labute approximate surface area is 111 Å². The first-order chi connectivity index (χ1) is 8.65. The van der Waals surface area contributed by atoms with Crippen LogP contribution in [0.4, 0.5) is 0 Å². The second kappa shape index (κ2) is 6.33. The number of hydrogen-bond donors (Lipinski definition) is 2. The topological polar surface area (TPSA) is 38.7 Å². The van der Waals surface area contributed by atoms with Crippen LogP contribution in [0.15, 0.2) is 0 Å². The number of nitrogens with zero attached hydrogens (tertiary/aromatic N) is 2. The maximum absolute atomic E-state index is 8.95. The third-order valence-electron chi connectivity index (χ3n) is 4.81. The summed E-state index contributed by atoms with van der Waals surface area (Å²) in [5.41, 5.74) is 0.606. The van der Waals surface area contributed by atoms with Crippen LogP contribution in [0.3, 0.4) is 0 Å². The molecule has 0 aromatic heterocycles. The van der Waals surface area contributed by atoms with Crippen molar-refractivity contribution in [2.75, 3.05) is 52.9 Å². The van der Waals surface area contributed by atoms with Crippen LogP contribution in [-0.2, 0) is 0 Å². The number of rotatable bonds is 5. The molecule has 106 valence electrons. The third-order valence-corrected chi connectivity index (χ3v) is 4.81. The van der Waals surface area contributed by atoms with Crippen molar-refractivity contribution in [3.05, 3.63) is 0 Å². The van der Waals surface area contributed by atoms with Gasteiger partial charge in [0.1, 0.15) is 0 Å². The molecule has 2 heterocycles. The van der Waals surface area contributed by atoms with Gasteiger partial charge in [0.15, 0.2) is 0 Å². The molecule has 2 N–H and O–H groups in total. The van der Waals surface area contributed by atoms with Crippen LogP contribution in [0.1, 0.15) is 26.2 Å². The second-order valence-electron chi connectivity index (χ2n) is 6.31. The molecule has 4 heteroatoms. The lowest BCUT2D eigenvalue weighted by molar-refractivity contribution is 0.141. The number of likely N-dealkylation sites (N-methyl/N-ethyl adjacent to an activating group) is 1. The highest BCUT2D eigenvalue weighted by molar-refractivity contribution is 4.94. The molecule has 2 aliphatic heterocycles. The van der Waals surface area contributed by atoms with Gasteiger partial charge in [-0.2, -0.15) is 0 Å². The Balaban J connectivity index is 1.80. The number of aliphatic hydroxyl groups is 1. The summed E-state index contributed by atoms with van der Waals surface area (Å²) in [6.45, 7) is 9.38. The standard InChI is InChI=1S/C14H29N3O/c1-13(11-16(2)9-10-18)17-8-5-14(12-17)3-6-15-7-4-14/h13,15,18H,3-12H2,1-2H3/t13-/m1/s1. The zero-order chi connectivity index (χ0) is 13.0. The minimum atomic E-state index is 0.263. The van der Waals surface area contributed by atoms with E-state index in [1.165, 1.54) is 45.4 Å². The molecule has 0 unspecified atom stereocenters. The molecule has 0 radical (unpaired) electrons. The molecule has 2 aliphatic rings. The van der Waals surface area contributed by atoms with E-state index < -0.39 is 0 Å². The summed E-state index contributed by atoms with van der Waals surface area (Å²) >= 11 is 0. The summed E-state index contributed by atoms with van der Waals surface area (Å²) in [4.78, 5) is 4.89. The molecule has 1 atom stereocenters. The monoisotopic (exact) mass is 255 g/mol. The lowest BCUT2D eigenvalue weighted by Crippen LogP contribution is -2.43. The summed E-state index contributed by atoms with van der Waals surface area (Å²) in [5, 5.41) is 12.4. The molecule has 2 rings (SSSR count). The van der Waals surface area contributed by atoms with E-state index >= 15 is 0 Å². The Morgan fingerprint density at radius 1 is 1.33 bits per heavy atom. The van der Waals surface area contributed by atoms with Gasteiger partial charge in [-0.3, -0.25) is 4.90 Å². The number of piperidine rings is 1. The third kappa shape index (κ3) is 3.44. The van der Waals surface area contributed by atoms with E-state index in [0.29, 0.717) is 11.5 Å². The summed E-state index contributed by atoms with van der Waals surface area (Å²) in [7, 11) is 2.10. The molecule has 2 fully saturated rings. The quantitative estimate of drug-likeness (QED) is 0.745. The summed E-state index contributed by atoms with van der Waals surface area (Å²) < 4.78 is 0. The number of hydrogen-bond acceptors (Lipinski definition) is 4. The van der Waals surface area contributed by atoms with Gasteiger partial charge < -0.3 is 15.3 Å². The largest absolute Gasteiger partial charge is 0.395 e. The van der Waals surface area contributed by atoms with Gasteiger partial charge in [0, 0.05) is 25.7 Å². The molecule has 0 aromatic rings. The van der Waals surface area contributed by atoms with E-state index in [-0.39, 0.29) is 6.61 Å². The maximum atomic E-state index is 8.95. The highest BCUT2D eigenvalue weighted by Gasteiger charge is 2.40. The predicted octanol–water partition coefficient (Wildman–Crippen LogP) is 0.375. The van der Waals surface area contributed by atoms with Gasteiger partial charge >= 0.3 is 0 Å². The van der Waals surface area contributed by atoms with Gasteiger partial charge in [0.25, 0.3) is 0 Å². The minimum Gasteiger partial charge on any atom is -0.395 e. The van der Waals surface area contributed by atoms with E-state index in [9.17, 15) is 0 Å². The predicted molar refractivity (Wildman–Crippen MR) is 74.8 cm³/mol. The van der Waals surface area contributed by atoms with Crippen molar-refractivity contribution in [1.29, 1.82) is 0 Å². The van der Waals surface area contributed by atoms with E-state index in [4.69, 9.17) is 5.11 Å². The van der Waals surface area contributed by atoms with Crippen LogP contribution in [0, 0.1) is 5.41 Å². The molecule has 0 aromatic carbocycles. The fourth-order valence-electron chi connectivity index (χ4n) is 3.54. The van der Waals surface area contributed by atoms with E-state index in [1.54, 1.807) is 0 Å². The average molecular weight is 255 g/mol. The van der Waals surface area contributed by atoms with E-state index in [0.717, 1.165) is 13.1 Å². The highest BCUT2D eigenvalue weighted by atomic mass is 16.3. The fraction of sp³-hybridized carbons (Fsp3) is 1.00. The molecule has 0 amide bonds. The molecule has 18 heavy (non-hydrogen) atoms. The molecular formula is C14H29N3O. The molecule has 1 spiro atoms. The van der Waals surface area contributed by atoms with Crippen molar-refractivity contribution in [3.63, 3.8) is 0 Å². The van der Waals surface area contributed by atoms with Crippen LogP contribution in [0.25, 0.3) is 0 Å². The van der Waals surface area contributed by atoms with Gasteiger partial charge in [-0.1, -0.05) is 0 Å². The lowest BCUT2D eigenvalue weighted by Gasteiger charge is -2.35. The zero-order valence-corrected chi connectivity index (χ0v) is 12.0. The zero-order valence-electron chi connectivity index (χ0n) is 12.0. The van der Waals surface area contributed by atoms with Crippen LogP contribution in [0.2, 0.25) is 0 Å². The number of likely N-dealkylation sites (tertiary alicyclic amines) is 1. The van der Waals surface area contributed by atoms with Crippen molar-refractivity contribution in [2.45, 2.75) is 32.2 Å². The summed E-state index contributed by atoms with van der Waals surface area (Å²) in [6.07, 6.45) is 4.08. The maximum Gasteiger partial charge on any atom is 0.0558 e. The first-order valence-corrected chi connectivity index (χ1v) is 7.39. The van der Waals surface area contributed by atoms with Crippen LogP contribution in [-0.4, -0.2) is 73.9 Å². The number of aliphatic hydroxyl groups excluding tert-OH is 1. The van der Waals surface area contributed by atoms with E-state index in [1.807, 2.05) is 0 Å². The van der Waals surface area contributed by atoms with Gasteiger partial charge in [-0.15, -0.1) is 0 Å². The van der Waals surface area contributed by atoms with Gasteiger partial charge in [-0.05, 0) is 58.3 Å². The molecule has 0 bridgehead atoms. The van der Waals surface area contributed by atoms with Crippen molar-refractivity contribution in [1.82, 2.24) is 15.1 Å². The van der Waals surface area contributed by atoms with Gasteiger partial charge in [0.05, 0.1) is 6.61 Å². The Bertz CT molecular complexity index is 253. The first kappa shape index (κ1) is 14.3. The van der Waals surface area contributed by atoms with Crippen molar-refractivity contribution >= 4 is 0 Å². The van der Waals surface area contributed by atoms with E-state index in [2.05, 4.69) is 29.1 Å². The average Bonchev–Trinajstić information content (AvgIpc) is 2.74. The highest BCUT2D eigenvalue weighted by Crippen LogP contribution is 2.39. The molecule has 4 nitrogen and oxygen atoms in total. The Hall–Kier alpha value is -0.160. The first-order valence-electron chi connectivity index (χ1n) is 7.39. The molecule has 0 saturated carbocycles. The Kier molecular flexibility index (Phi) is 5.01. The summed E-state index contributed by atoms with van der Waals surface area (Å²) in [5.74, 6) is 0. The van der Waals surface area contributed by atoms with Crippen LogP contribution >= 0.6 is 0 Å². The van der Waals surface area contributed by atoms with Crippen molar-refractivity contribution in [3.8, 4) is 0 Å². The molecular weight excluding hydrogens is 226 g/mol. The SMILES string of the molecule is C[C@H](CN(C)CCO)N1CCC2(CCNCC2)C1. The van der Waals surface area contributed by atoms with Crippen LogP contribution < -0.4 is 5.32 Å². The molecule has 2 saturated heterocycles. The number of nitrogens with one attached hydrogen (secondary N) is 1. The van der Waals surface area contributed by atoms with Gasteiger partial charge in [-0.25, -0.2) is 0 Å². The van der Waals surface area contributed by atoms with Crippen molar-refractivity contribution in [2.24, 2.45) is 5.41 Å². The van der Waals surface area contributed by atoms with Crippen LogP contribution in [0.5, 0.6) is 0 Å². The fourth-order valence-corrected chi connectivity index (χ4v) is 3.54. The molecule has 0 aliphatic carbocycles. The summed E-state index contributed by atoms with van der Waals surface area (Å²) in [6, 6.07) is 0.607. The Morgan fingerprint density at radius 2 is 2.06 bits per heavy atom. The normalized spacial score (nSPS) is 26.0. The van der Waals surface area contributed by atoms with Crippen molar-refractivity contribution < 1.29 is 5.11 Å². The Morgan fingerprint density at radius 3 is 2.72 bits per heavy atom. The minimum absolute atomic E-state index is 0.263. The van der Waals surface area contributed by atoms with Gasteiger partial charge in [0.2, 0.25) is 0 Å². The lowest BCUT2D eigenvalue weighted by atomic mass is 9.78. The smallest absolute Gasteiger partial charge is 0.0558 e. The second-order valence-corrected chi connectivity index (χ2v) is 6.31.